The Balaban J connectivity index is 1.93. The van der Waals surface area contributed by atoms with Gasteiger partial charge in [0.1, 0.15) is 0 Å². The zero-order chi connectivity index (χ0) is 19.8. The molecule has 3 rings (SSSR count). The van der Waals surface area contributed by atoms with Gasteiger partial charge in [-0.05, 0) is 30.9 Å². The average molecular weight is 385 g/mol. The van der Waals surface area contributed by atoms with Crippen LogP contribution in [0, 0.1) is 16.0 Å². The van der Waals surface area contributed by atoms with Crippen LogP contribution in [0.1, 0.15) is 48.9 Å². The van der Waals surface area contributed by atoms with Gasteiger partial charge in [-0.25, -0.2) is 0 Å². The second-order valence-electron chi connectivity index (χ2n) is 6.84. The first kappa shape index (κ1) is 19.3. The van der Waals surface area contributed by atoms with E-state index in [4.69, 9.17) is 0 Å². The molecule has 1 aliphatic carbocycles. The molecule has 1 amide bonds. The first-order valence-corrected chi connectivity index (χ1v) is 8.59. The zero-order valence-electron chi connectivity index (χ0n) is 14.3. The van der Waals surface area contributed by atoms with Crippen molar-refractivity contribution in [3.63, 3.8) is 0 Å². The Morgan fingerprint density at radius 1 is 1.22 bits per heavy atom. The van der Waals surface area contributed by atoms with Crippen molar-refractivity contribution < 1.29 is 28.0 Å². The number of nitrogens with zero attached hydrogens (tertiary/aromatic N) is 3. The molecule has 7 nitrogen and oxygen atoms in total. The van der Waals surface area contributed by atoms with Crippen molar-refractivity contribution in [3.05, 3.63) is 39.9 Å². The Morgan fingerprint density at radius 3 is 2.33 bits per heavy atom. The van der Waals surface area contributed by atoms with E-state index < -0.39 is 29.2 Å². The summed E-state index contributed by atoms with van der Waals surface area (Å²) in [5.74, 6) is -1.35. The van der Waals surface area contributed by atoms with E-state index in [9.17, 15) is 33.2 Å². The molecule has 1 fully saturated rings. The Hall–Kier alpha value is -2.49. The van der Waals surface area contributed by atoms with Gasteiger partial charge < -0.3 is 5.11 Å². The molecule has 0 saturated heterocycles. The molecule has 1 aliphatic heterocycles. The molecular formula is C17H18F3N3O4. The Labute approximate surface area is 152 Å². The van der Waals surface area contributed by atoms with Gasteiger partial charge in [0.25, 0.3) is 17.3 Å². The number of hydrogen-bond donors (Lipinski definition) is 1. The molecule has 1 N–H and O–H groups in total. The van der Waals surface area contributed by atoms with Gasteiger partial charge in [-0.2, -0.15) is 23.3 Å². The molecule has 1 atom stereocenters. The average Bonchev–Trinajstić information content (AvgIpc) is 3.01. The molecule has 1 aromatic rings. The number of rotatable bonds is 3. The Morgan fingerprint density at radius 2 is 1.81 bits per heavy atom. The standard InChI is InChI=1S/C17H18F3N3O4/c18-17(19,20)16(25)10-14(11-4-2-1-3-5-11)21-22(16)15(24)12-6-8-13(9-7-12)23(26)27/h6-9,11,25H,1-5,10H2/t16-/m1/s1. The van der Waals surface area contributed by atoms with Gasteiger partial charge in [-0.15, -0.1) is 0 Å². The maximum absolute atomic E-state index is 13.6. The number of hydrazone groups is 1. The second kappa shape index (κ2) is 6.91. The lowest BCUT2D eigenvalue weighted by Gasteiger charge is -2.32. The molecule has 27 heavy (non-hydrogen) atoms. The number of nitro benzene ring substituents is 1. The summed E-state index contributed by atoms with van der Waals surface area (Å²) in [5, 5.41) is 25.0. The predicted molar refractivity (Wildman–Crippen MR) is 88.9 cm³/mol. The van der Waals surface area contributed by atoms with Crippen LogP contribution in [-0.2, 0) is 0 Å². The maximum atomic E-state index is 13.6. The zero-order valence-corrected chi connectivity index (χ0v) is 14.3. The minimum atomic E-state index is -5.09. The molecule has 0 spiro atoms. The van der Waals surface area contributed by atoms with E-state index in [1.165, 1.54) is 0 Å². The molecule has 10 heteroatoms. The molecule has 0 bridgehead atoms. The first-order valence-electron chi connectivity index (χ1n) is 8.59. The number of hydrogen-bond acceptors (Lipinski definition) is 5. The third-order valence-corrected chi connectivity index (χ3v) is 5.05. The van der Waals surface area contributed by atoms with Crippen LogP contribution in [0.5, 0.6) is 0 Å². The molecule has 1 saturated carbocycles. The minimum Gasteiger partial charge on any atom is -0.362 e. The van der Waals surface area contributed by atoms with Gasteiger partial charge in [-0.1, -0.05) is 19.3 Å². The van der Waals surface area contributed by atoms with E-state index in [2.05, 4.69) is 5.10 Å². The van der Waals surface area contributed by atoms with Crippen molar-refractivity contribution in [2.24, 2.45) is 11.0 Å². The summed E-state index contributed by atoms with van der Waals surface area (Å²) in [6.07, 6.45) is -1.80. The van der Waals surface area contributed by atoms with E-state index in [1.807, 2.05) is 0 Å². The third kappa shape index (κ3) is 3.53. The highest BCUT2D eigenvalue weighted by molar-refractivity contribution is 5.99. The molecule has 1 heterocycles. The van der Waals surface area contributed by atoms with E-state index in [-0.39, 0.29) is 27.9 Å². The monoisotopic (exact) mass is 385 g/mol. The second-order valence-corrected chi connectivity index (χ2v) is 6.84. The molecule has 146 valence electrons. The summed E-state index contributed by atoms with van der Waals surface area (Å²) >= 11 is 0. The van der Waals surface area contributed by atoms with Gasteiger partial charge in [0.2, 0.25) is 0 Å². The SMILES string of the molecule is O=C(c1ccc([N+](=O)[O-])cc1)N1N=C(C2CCCCC2)C[C@@]1(O)C(F)(F)F. The number of benzene rings is 1. The van der Waals surface area contributed by atoms with Crippen molar-refractivity contribution in [1.82, 2.24) is 5.01 Å². The number of halogens is 3. The fraction of sp³-hybridized carbons (Fsp3) is 0.529. The van der Waals surface area contributed by atoms with E-state index in [1.54, 1.807) is 0 Å². The van der Waals surface area contributed by atoms with Crippen molar-refractivity contribution in [1.29, 1.82) is 0 Å². The number of aliphatic hydroxyl groups is 1. The van der Waals surface area contributed by atoms with Crippen LogP contribution < -0.4 is 0 Å². The lowest BCUT2D eigenvalue weighted by atomic mass is 9.83. The maximum Gasteiger partial charge on any atom is 0.438 e. The lowest BCUT2D eigenvalue weighted by molar-refractivity contribution is -0.384. The topological polar surface area (TPSA) is 96.0 Å². The van der Waals surface area contributed by atoms with Crippen LogP contribution in [0.3, 0.4) is 0 Å². The summed E-state index contributed by atoms with van der Waals surface area (Å²) < 4.78 is 40.7. The van der Waals surface area contributed by atoms with Gasteiger partial charge >= 0.3 is 6.18 Å². The van der Waals surface area contributed by atoms with Crippen LogP contribution in [-0.4, -0.2) is 38.6 Å². The summed E-state index contributed by atoms with van der Waals surface area (Å²) in [6, 6.07) is 4.13. The molecule has 0 unspecified atom stereocenters. The normalized spacial score (nSPS) is 24.0. The molecule has 2 aliphatic rings. The lowest BCUT2D eigenvalue weighted by Crippen LogP contribution is -2.56. The third-order valence-electron chi connectivity index (χ3n) is 5.05. The van der Waals surface area contributed by atoms with Crippen molar-refractivity contribution in [2.75, 3.05) is 0 Å². The molecular weight excluding hydrogens is 367 g/mol. The van der Waals surface area contributed by atoms with Crippen molar-refractivity contribution in [3.8, 4) is 0 Å². The number of nitro groups is 1. The fourth-order valence-electron chi connectivity index (χ4n) is 3.52. The number of alkyl halides is 3. The summed E-state index contributed by atoms with van der Waals surface area (Å²) in [7, 11) is 0. The van der Waals surface area contributed by atoms with Crippen LogP contribution in [0.25, 0.3) is 0 Å². The van der Waals surface area contributed by atoms with Gasteiger partial charge in [0.05, 0.1) is 4.92 Å². The highest BCUT2D eigenvalue weighted by atomic mass is 19.4. The van der Waals surface area contributed by atoms with Gasteiger partial charge in [0.15, 0.2) is 0 Å². The predicted octanol–water partition coefficient (Wildman–Crippen LogP) is 3.63. The number of amides is 1. The highest BCUT2D eigenvalue weighted by Crippen LogP contribution is 2.43. The molecule has 0 radical (unpaired) electrons. The van der Waals surface area contributed by atoms with E-state index >= 15 is 0 Å². The summed E-state index contributed by atoms with van der Waals surface area (Å²) in [5.41, 5.74) is -3.77. The Kier molecular flexibility index (Phi) is 4.94. The number of carbonyl (C=O) groups excluding carboxylic acids is 1. The fourth-order valence-corrected chi connectivity index (χ4v) is 3.52. The van der Waals surface area contributed by atoms with E-state index in [0.717, 1.165) is 43.5 Å². The first-order chi connectivity index (χ1) is 12.6. The number of carbonyl (C=O) groups is 1. The largest absolute Gasteiger partial charge is 0.438 e. The van der Waals surface area contributed by atoms with Crippen molar-refractivity contribution >= 4 is 17.3 Å². The van der Waals surface area contributed by atoms with Gasteiger partial charge in [0, 0.05) is 29.8 Å². The highest BCUT2D eigenvalue weighted by Gasteiger charge is 2.63. The smallest absolute Gasteiger partial charge is 0.362 e. The molecule has 0 aromatic heterocycles. The van der Waals surface area contributed by atoms with Crippen LogP contribution in [0.2, 0.25) is 0 Å². The van der Waals surface area contributed by atoms with Crippen LogP contribution >= 0.6 is 0 Å². The van der Waals surface area contributed by atoms with Crippen LogP contribution in [0.15, 0.2) is 29.4 Å². The minimum absolute atomic E-state index is 0.0815. The van der Waals surface area contributed by atoms with Crippen LogP contribution in [0.4, 0.5) is 18.9 Å². The molecule has 1 aromatic carbocycles. The quantitative estimate of drug-likeness (QED) is 0.635. The van der Waals surface area contributed by atoms with E-state index in [0.29, 0.717) is 12.8 Å². The number of non-ortho nitro benzene ring substituents is 1. The Bertz CT molecular complexity index is 773. The summed E-state index contributed by atoms with van der Waals surface area (Å²) in [4.78, 5) is 22.6. The van der Waals surface area contributed by atoms with Crippen molar-refractivity contribution in [2.45, 2.75) is 50.4 Å². The van der Waals surface area contributed by atoms with Gasteiger partial charge in [-0.3, -0.25) is 14.9 Å². The summed E-state index contributed by atoms with van der Waals surface area (Å²) in [6.45, 7) is 0.